The first-order chi connectivity index (χ1) is 11.6. The number of aromatic nitrogens is 1. The van der Waals surface area contributed by atoms with Crippen LogP contribution < -0.4 is 9.77 Å². The van der Waals surface area contributed by atoms with E-state index in [2.05, 4.69) is 13.0 Å². The van der Waals surface area contributed by atoms with Gasteiger partial charge in [-0.2, -0.15) is 0 Å². The summed E-state index contributed by atoms with van der Waals surface area (Å²) in [6.07, 6.45) is 2.15. The molecule has 128 valence electrons. The van der Waals surface area contributed by atoms with Crippen LogP contribution in [-0.2, 0) is 11.3 Å². The van der Waals surface area contributed by atoms with Crippen LogP contribution in [0.3, 0.4) is 0 Å². The van der Waals surface area contributed by atoms with E-state index in [1.807, 2.05) is 47.2 Å². The van der Waals surface area contributed by atoms with E-state index in [1.54, 1.807) is 4.57 Å². The van der Waals surface area contributed by atoms with Gasteiger partial charge in [0, 0.05) is 40.7 Å². The maximum absolute atomic E-state index is 12.8. The van der Waals surface area contributed by atoms with Gasteiger partial charge < -0.3 is 9.47 Å². The van der Waals surface area contributed by atoms with Crippen molar-refractivity contribution in [1.82, 2.24) is 4.57 Å². The van der Waals surface area contributed by atoms with Gasteiger partial charge in [0.2, 0.25) is 5.91 Å². The lowest BCUT2D eigenvalue weighted by molar-refractivity contribution is -0.118. The number of aryl methyl sites for hydroxylation is 1. The number of benzene rings is 1. The smallest absolute Gasteiger partial charge is 0.307 e. The second kappa shape index (κ2) is 7.57. The molecule has 0 N–H and O–H groups in total. The van der Waals surface area contributed by atoms with Crippen LogP contribution in [0.5, 0.6) is 0 Å². The number of nitrogens with zero attached hydrogens (tertiary/aromatic N) is 2. The molecule has 0 saturated carbocycles. The zero-order valence-corrected chi connectivity index (χ0v) is 15.7. The molecule has 24 heavy (non-hydrogen) atoms. The first-order valence-corrected chi connectivity index (χ1v) is 10.0. The van der Waals surface area contributed by atoms with Crippen molar-refractivity contribution in [2.24, 2.45) is 0 Å². The maximum Gasteiger partial charge on any atom is 0.307 e. The second-order valence-corrected chi connectivity index (χ2v) is 8.43. The van der Waals surface area contributed by atoms with Gasteiger partial charge in [0.1, 0.15) is 0 Å². The summed E-state index contributed by atoms with van der Waals surface area (Å²) in [6, 6.07) is 8.14. The first-order valence-electron chi connectivity index (χ1n) is 8.27. The largest absolute Gasteiger partial charge is 0.311 e. The number of para-hydroxylation sites is 1. The second-order valence-electron chi connectivity index (χ2n) is 6.13. The molecule has 1 aromatic heterocycles. The fourth-order valence-electron chi connectivity index (χ4n) is 2.94. The third-order valence-corrected chi connectivity index (χ3v) is 6.41. The zero-order valence-electron chi connectivity index (χ0n) is 14.0. The Balaban J connectivity index is 1.67. The number of amides is 1. The van der Waals surface area contributed by atoms with E-state index < -0.39 is 0 Å². The highest BCUT2D eigenvalue weighted by atomic mass is 32.2. The average Bonchev–Trinajstić information content (AvgIpc) is 2.79. The molecule has 0 radical (unpaired) electrons. The summed E-state index contributed by atoms with van der Waals surface area (Å²) in [7, 11) is 0. The van der Waals surface area contributed by atoms with Gasteiger partial charge in [0.15, 0.2) is 0 Å². The SMILES string of the molecule is Cc1csc(=O)n1CCCC(=O)N1CC[C@H](C)Sc2ccccc21. The molecule has 2 heterocycles. The van der Waals surface area contributed by atoms with Crippen molar-refractivity contribution >= 4 is 34.7 Å². The summed E-state index contributed by atoms with van der Waals surface area (Å²) < 4.78 is 1.76. The fraction of sp³-hybridized carbons (Fsp3) is 0.444. The van der Waals surface area contributed by atoms with Gasteiger partial charge in [-0.05, 0) is 31.9 Å². The molecule has 0 bridgehead atoms. The van der Waals surface area contributed by atoms with Crippen molar-refractivity contribution in [3.05, 3.63) is 45.0 Å². The number of anilines is 1. The van der Waals surface area contributed by atoms with Crippen LogP contribution in [0, 0.1) is 6.92 Å². The highest BCUT2D eigenvalue weighted by Crippen LogP contribution is 2.37. The Kier molecular flexibility index (Phi) is 5.46. The molecule has 0 fully saturated rings. The molecule has 0 aliphatic carbocycles. The molecule has 1 aromatic carbocycles. The molecular formula is C18H22N2O2S2. The summed E-state index contributed by atoms with van der Waals surface area (Å²) in [6.45, 7) is 5.52. The van der Waals surface area contributed by atoms with Gasteiger partial charge >= 0.3 is 4.87 Å². The molecular weight excluding hydrogens is 340 g/mol. The first kappa shape index (κ1) is 17.3. The van der Waals surface area contributed by atoms with E-state index in [1.165, 1.54) is 16.2 Å². The quantitative estimate of drug-likeness (QED) is 0.828. The van der Waals surface area contributed by atoms with E-state index in [9.17, 15) is 9.59 Å². The minimum Gasteiger partial charge on any atom is -0.311 e. The average molecular weight is 363 g/mol. The fourth-order valence-corrected chi connectivity index (χ4v) is 4.82. The number of fused-ring (bicyclic) bond motifs is 1. The van der Waals surface area contributed by atoms with Gasteiger partial charge in [0.25, 0.3) is 0 Å². The van der Waals surface area contributed by atoms with E-state index in [0.29, 0.717) is 24.6 Å². The Bertz CT molecular complexity index is 781. The van der Waals surface area contributed by atoms with Crippen LogP contribution in [-0.4, -0.2) is 22.3 Å². The van der Waals surface area contributed by atoms with Crippen LogP contribution in [0.15, 0.2) is 39.3 Å². The topological polar surface area (TPSA) is 42.3 Å². The van der Waals surface area contributed by atoms with E-state index >= 15 is 0 Å². The van der Waals surface area contributed by atoms with Gasteiger partial charge in [-0.3, -0.25) is 9.59 Å². The van der Waals surface area contributed by atoms with E-state index in [4.69, 9.17) is 0 Å². The van der Waals surface area contributed by atoms with E-state index in [0.717, 1.165) is 24.3 Å². The molecule has 0 saturated heterocycles. The minimum atomic E-state index is 0.0605. The maximum atomic E-state index is 12.8. The molecule has 1 amide bonds. The normalized spacial score (nSPS) is 17.4. The highest BCUT2D eigenvalue weighted by Gasteiger charge is 2.23. The van der Waals surface area contributed by atoms with Crippen LogP contribution in [0.25, 0.3) is 0 Å². The summed E-state index contributed by atoms with van der Waals surface area (Å²) in [5.41, 5.74) is 2.00. The molecule has 1 aliphatic heterocycles. The molecule has 1 atom stereocenters. The number of hydrogen-bond acceptors (Lipinski definition) is 4. The van der Waals surface area contributed by atoms with Crippen LogP contribution >= 0.6 is 23.1 Å². The molecule has 2 aromatic rings. The predicted molar refractivity (Wildman–Crippen MR) is 101 cm³/mol. The number of carbonyl (C=O) groups is 1. The van der Waals surface area contributed by atoms with Crippen molar-refractivity contribution in [1.29, 1.82) is 0 Å². The number of rotatable bonds is 4. The Labute approximate surface area is 150 Å². The van der Waals surface area contributed by atoms with Crippen LogP contribution in [0.2, 0.25) is 0 Å². The molecule has 0 spiro atoms. The molecule has 1 aliphatic rings. The van der Waals surface area contributed by atoms with Crippen molar-refractivity contribution < 1.29 is 4.79 Å². The minimum absolute atomic E-state index is 0.0605. The van der Waals surface area contributed by atoms with Gasteiger partial charge in [-0.25, -0.2) is 0 Å². The summed E-state index contributed by atoms with van der Waals surface area (Å²) >= 11 is 3.06. The van der Waals surface area contributed by atoms with Gasteiger partial charge in [-0.1, -0.05) is 30.4 Å². The van der Waals surface area contributed by atoms with Crippen LogP contribution in [0.4, 0.5) is 5.69 Å². The van der Waals surface area contributed by atoms with E-state index in [-0.39, 0.29) is 10.8 Å². The number of hydrogen-bond donors (Lipinski definition) is 0. The lowest BCUT2D eigenvalue weighted by Gasteiger charge is -2.22. The Morgan fingerprint density at radius 3 is 2.88 bits per heavy atom. The Morgan fingerprint density at radius 2 is 2.12 bits per heavy atom. The summed E-state index contributed by atoms with van der Waals surface area (Å²) in [5.74, 6) is 0.151. The standard InChI is InChI=1S/C18H22N2O2S2/c1-13-12-23-18(22)19(13)10-5-8-17(21)20-11-9-14(2)24-16-7-4-3-6-15(16)20/h3-4,6-7,12,14H,5,8-11H2,1-2H3/t14-/m0/s1. The summed E-state index contributed by atoms with van der Waals surface area (Å²) in [5, 5.41) is 2.38. The number of thioether (sulfide) groups is 1. The van der Waals surface area contributed by atoms with Crippen LogP contribution in [0.1, 0.15) is 31.9 Å². The van der Waals surface area contributed by atoms with Crippen molar-refractivity contribution in [3.63, 3.8) is 0 Å². The third kappa shape index (κ3) is 3.75. The molecule has 6 heteroatoms. The Morgan fingerprint density at radius 1 is 1.33 bits per heavy atom. The van der Waals surface area contributed by atoms with Crippen molar-refractivity contribution in [3.8, 4) is 0 Å². The predicted octanol–water partition coefficient (Wildman–Crippen LogP) is 3.92. The number of thiazole rings is 1. The van der Waals surface area contributed by atoms with Gasteiger partial charge in [0.05, 0.1) is 5.69 Å². The lowest BCUT2D eigenvalue weighted by Crippen LogP contribution is -2.32. The zero-order chi connectivity index (χ0) is 17.1. The molecule has 3 rings (SSSR count). The third-order valence-electron chi connectivity index (χ3n) is 4.29. The lowest BCUT2D eigenvalue weighted by atomic mass is 10.2. The molecule has 4 nitrogen and oxygen atoms in total. The molecule has 0 unspecified atom stereocenters. The highest BCUT2D eigenvalue weighted by molar-refractivity contribution is 8.00. The van der Waals surface area contributed by atoms with Crippen molar-refractivity contribution in [2.45, 2.75) is 49.8 Å². The Hall–Kier alpha value is -1.53. The van der Waals surface area contributed by atoms with Crippen molar-refractivity contribution in [2.75, 3.05) is 11.4 Å². The van der Waals surface area contributed by atoms with Gasteiger partial charge in [-0.15, -0.1) is 11.8 Å². The monoisotopic (exact) mass is 362 g/mol. The summed E-state index contributed by atoms with van der Waals surface area (Å²) in [4.78, 5) is 27.7. The number of carbonyl (C=O) groups excluding carboxylic acids is 1.